The van der Waals surface area contributed by atoms with Gasteiger partial charge >= 0.3 is 11.9 Å². The number of aryl methyl sites for hydroxylation is 1. The first-order valence-corrected chi connectivity index (χ1v) is 9.62. The fraction of sp³-hybridized carbons (Fsp3) is 0.471. The Morgan fingerprint density at radius 1 is 1.32 bits per heavy atom. The molecule has 150 valence electrons. The molecule has 1 aliphatic heterocycles. The molecule has 0 saturated carbocycles. The van der Waals surface area contributed by atoms with Gasteiger partial charge in [-0.3, -0.25) is 10.1 Å². The zero-order valence-corrected chi connectivity index (χ0v) is 16.4. The summed E-state index contributed by atoms with van der Waals surface area (Å²) in [4.78, 5) is 38.6. The maximum absolute atomic E-state index is 12.0. The highest BCUT2D eigenvalue weighted by molar-refractivity contribution is 7.17. The molecule has 1 saturated heterocycles. The SMILES string of the molecule is CCOC(=O)c1sc(Nc2nc(CC(=O)O)cc(N3CCOCC3)n2)nc1C. The van der Waals surface area contributed by atoms with Crippen LogP contribution in [0.25, 0.3) is 0 Å². The Kier molecular flexibility index (Phi) is 6.37. The smallest absolute Gasteiger partial charge is 0.350 e. The summed E-state index contributed by atoms with van der Waals surface area (Å²) in [5, 5.41) is 12.5. The molecular weight excluding hydrogens is 386 g/mol. The van der Waals surface area contributed by atoms with Gasteiger partial charge in [0.2, 0.25) is 5.95 Å². The molecule has 0 amide bonds. The van der Waals surface area contributed by atoms with Gasteiger partial charge in [0.15, 0.2) is 5.13 Å². The number of aliphatic carboxylic acids is 1. The third kappa shape index (κ3) is 4.93. The highest BCUT2D eigenvalue weighted by Crippen LogP contribution is 2.26. The number of carboxylic acid groups (broad SMARTS) is 1. The number of carboxylic acids is 1. The Hall–Kier alpha value is -2.79. The first kappa shape index (κ1) is 20.0. The predicted octanol–water partition coefficient (Wildman–Crippen LogP) is 1.63. The van der Waals surface area contributed by atoms with E-state index < -0.39 is 11.9 Å². The molecule has 0 unspecified atom stereocenters. The van der Waals surface area contributed by atoms with E-state index in [4.69, 9.17) is 14.6 Å². The molecule has 0 atom stereocenters. The largest absolute Gasteiger partial charge is 0.481 e. The van der Waals surface area contributed by atoms with Crippen LogP contribution in [0, 0.1) is 6.92 Å². The number of thiazole rings is 1. The van der Waals surface area contributed by atoms with Crippen LogP contribution in [-0.4, -0.2) is 64.9 Å². The van der Waals surface area contributed by atoms with Crippen molar-refractivity contribution < 1.29 is 24.2 Å². The van der Waals surface area contributed by atoms with Gasteiger partial charge in [-0.15, -0.1) is 0 Å². The van der Waals surface area contributed by atoms with Crippen molar-refractivity contribution >= 4 is 40.2 Å². The van der Waals surface area contributed by atoms with Crippen molar-refractivity contribution in [2.75, 3.05) is 43.1 Å². The molecule has 3 heterocycles. The van der Waals surface area contributed by atoms with Crippen molar-refractivity contribution in [3.63, 3.8) is 0 Å². The number of nitrogens with one attached hydrogen (secondary N) is 1. The number of hydrogen-bond donors (Lipinski definition) is 2. The molecule has 0 radical (unpaired) electrons. The Bertz CT molecular complexity index is 866. The Morgan fingerprint density at radius 3 is 2.75 bits per heavy atom. The minimum Gasteiger partial charge on any atom is -0.481 e. The standard InChI is InChI=1S/C17H21N5O5S/c1-3-27-15(25)14-10(2)18-17(28-14)21-16-19-11(9-13(23)24)8-12(20-16)22-4-6-26-7-5-22/h8H,3-7,9H2,1-2H3,(H,23,24)(H,18,19,20,21). The van der Waals surface area contributed by atoms with Gasteiger partial charge in [-0.1, -0.05) is 11.3 Å². The predicted molar refractivity (Wildman–Crippen MR) is 102 cm³/mol. The first-order chi connectivity index (χ1) is 13.5. The molecule has 0 aromatic carbocycles. The summed E-state index contributed by atoms with van der Waals surface area (Å²) in [6.45, 7) is 6.21. The number of nitrogens with zero attached hydrogens (tertiary/aromatic N) is 4. The van der Waals surface area contributed by atoms with Gasteiger partial charge in [0.05, 0.1) is 37.6 Å². The summed E-state index contributed by atoms with van der Waals surface area (Å²) >= 11 is 1.14. The summed E-state index contributed by atoms with van der Waals surface area (Å²) in [5.74, 6) is -0.562. The Labute approximate surface area is 165 Å². The zero-order chi connectivity index (χ0) is 20.1. The molecule has 0 aliphatic carbocycles. The number of aromatic nitrogens is 3. The van der Waals surface area contributed by atoms with Crippen LogP contribution in [0.2, 0.25) is 0 Å². The lowest BCUT2D eigenvalue weighted by Gasteiger charge is -2.28. The van der Waals surface area contributed by atoms with E-state index in [-0.39, 0.29) is 19.0 Å². The van der Waals surface area contributed by atoms with Gasteiger partial charge in [-0.25, -0.2) is 14.8 Å². The number of carbonyl (C=O) groups excluding carboxylic acids is 1. The van der Waals surface area contributed by atoms with Crippen molar-refractivity contribution in [3.05, 3.63) is 22.3 Å². The van der Waals surface area contributed by atoms with Gasteiger partial charge in [0, 0.05) is 19.2 Å². The Morgan fingerprint density at radius 2 is 2.07 bits per heavy atom. The topological polar surface area (TPSA) is 127 Å². The van der Waals surface area contributed by atoms with Gasteiger partial charge in [-0.05, 0) is 13.8 Å². The average molecular weight is 407 g/mol. The molecule has 10 nitrogen and oxygen atoms in total. The fourth-order valence-corrected chi connectivity index (χ4v) is 3.52. The number of anilines is 3. The van der Waals surface area contributed by atoms with Crippen molar-refractivity contribution in [2.45, 2.75) is 20.3 Å². The molecule has 1 fully saturated rings. The van der Waals surface area contributed by atoms with Crippen LogP contribution >= 0.6 is 11.3 Å². The molecule has 28 heavy (non-hydrogen) atoms. The maximum atomic E-state index is 12.0. The summed E-state index contributed by atoms with van der Waals surface area (Å²) in [6.07, 6.45) is -0.223. The van der Waals surface area contributed by atoms with Crippen LogP contribution in [0.1, 0.15) is 28.0 Å². The van der Waals surface area contributed by atoms with Crippen molar-refractivity contribution in [1.82, 2.24) is 15.0 Å². The van der Waals surface area contributed by atoms with Gasteiger partial charge < -0.3 is 19.5 Å². The summed E-state index contributed by atoms with van der Waals surface area (Å²) in [7, 11) is 0. The molecule has 0 bridgehead atoms. The van der Waals surface area contributed by atoms with Crippen LogP contribution in [0.4, 0.5) is 16.9 Å². The van der Waals surface area contributed by atoms with E-state index in [9.17, 15) is 9.59 Å². The Balaban J connectivity index is 1.87. The van der Waals surface area contributed by atoms with Crippen molar-refractivity contribution in [3.8, 4) is 0 Å². The lowest BCUT2D eigenvalue weighted by Crippen LogP contribution is -2.37. The molecule has 2 aromatic heterocycles. The third-order valence-electron chi connectivity index (χ3n) is 3.91. The van der Waals surface area contributed by atoms with E-state index in [1.54, 1.807) is 19.9 Å². The maximum Gasteiger partial charge on any atom is 0.350 e. The second-order valence-corrected chi connectivity index (χ2v) is 6.99. The van der Waals surface area contributed by atoms with Crippen LogP contribution < -0.4 is 10.2 Å². The lowest BCUT2D eigenvalue weighted by molar-refractivity contribution is -0.136. The van der Waals surface area contributed by atoms with Gasteiger partial charge in [-0.2, -0.15) is 4.98 Å². The number of hydrogen-bond acceptors (Lipinski definition) is 10. The quantitative estimate of drug-likeness (QED) is 0.654. The summed E-state index contributed by atoms with van der Waals surface area (Å²) in [5.41, 5.74) is 0.923. The van der Waals surface area contributed by atoms with Crippen molar-refractivity contribution in [2.24, 2.45) is 0 Å². The van der Waals surface area contributed by atoms with Crippen LogP contribution in [0.3, 0.4) is 0 Å². The zero-order valence-electron chi connectivity index (χ0n) is 15.6. The van der Waals surface area contributed by atoms with E-state index in [2.05, 4.69) is 20.3 Å². The number of carbonyl (C=O) groups is 2. The molecule has 1 aliphatic rings. The fourth-order valence-electron chi connectivity index (χ4n) is 2.67. The van der Waals surface area contributed by atoms with E-state index in [1.165, 1.54) is 0 Å². The van der Waals surface area contributed by atoms with Crippen LogP contribution in [0.15, 0.2) is 6.07 Å². The monoisotopic (exact) mass is 407 g/mol. The molecule has 11 heteroatoms. The van der Waals surface area contributed by atoms with Gasteiger partial charge in [0.1, 0.15) is 10.7 Å². The molecule has 0 spiro atoms. The van der Waals surface area contributed by atoms with Gasteiger partial charge in [0.25, 0.3) is 0 Å². The highest BCUT2D eigenvalue weighted by Gasteiger charge is 2.19. The summed E-state index contributed by atoms with van der Waals surface area (Å²) < 4.78 is 10.4. The highest BCUT2D eigenvalue weighted by atomic mass is 32.1. The van der Waals surface area contributed by atoms with E-state index in [0.717, 1.165) is 11.3 Å². The normalized spacial score (nSPS) is 14.0. The number of ether oxygens (including phenoxy) is 2. The second kappa shape index (κ2) is 8.93. The lowest BCUT2D eigenvalue weighted by atomic mass is 10.3. The van der Waals surface area contributed by atoms with Crippen LogP contribution in [-0.2, 0) is 20.7 Å². The first-order valence-electron chi connectivity index (χ1n) is 8.80. The number of morpholine rings is 1. The minimum absolute atomic E-state index is 0.223. The second-order valence-electron chi connectivity index (χ2n) is 5.99. The molecule has 2 aromatic rings. The minimum atomic E-state index is -0.979. The average Bonchev–Trinajstić information content (AvgIpc) is 3.02. The third-order valence-corrected chi connectivity index (χ3v) is 4.96. The van der Waals surface area contributed by atoms with E-state index in [0.29, 0.717) is 53.5 Å². The van der Waals surface area contributed by atoms with Crippen molar-refractivity contribution in [1.29, 1.82) is 0 Å². The molecular formula is C17H21N5O5S. The van der Waals surface area contributed by atoms with E-state index in [1.807, 2.05) is 4.90 Å². The van der Waals surface area contributed by atoms with Crippen LogP contribution in [0.5, 0.6) is 0 Å². The number of rotatable bonds is 7. The molecule has 2 N–H and O–H groups in total. The van der Waals surface area contributed by atoms with E-state index >= 15 is 0 Å². The molecule has 3 rings (SSSR count). The number of esters is 1. The summed E-state index contributed by atoms with van der Waals surface area (Å²) in [6, 6.07) is 1.67.